The Bertz CT molecular complexity index is 1900. The Hall–Kier alpha value is -2.68. The van der Waals surface area contributed by atoms with Gasteiger partial charge in [-0.1, -0.05) is 48.0 Å². The molecule has 1 aromatic rings. The largest absolute Gasteiger partial charge is 1.00 e. The van der Waals surface area contributed by atoms with E-state index in [-0.39, 0.29) is 93.7 Å². The Labute approximate surface area is 426 Å². The minimum atomic E-state index is -1.40. The summed E-state index contributed by atoms with van der Waals surface area (Å²) in [5, 5.41) is 31.1. The summed E-state index contributed by atoms with van der Waals surface area (Å²) in [5.41, 5.74) is 0.498. The van der Waals surface area contributed by atoms with Crippen molar-refractivity contribution >= 4 is 53.3 Å². The van der Waals surface area contributed by atoms with Gasteiger partial charge in [-0.2, -0.15) is 17.3 Å². The number of nitrogens with one attached hydrogen (secondary N) is 3. The summed E-state index contributed by atoms with van der Waals surface area (Å²) in [6, 6.07) is 6.48. The van der Waals surface area contributed by atoms with Gasteiger partial charge < -0.3 is 40.2 Å². The molecule has 0 aromatic heterocycles. The third kappa shape index (κ3) is 15.2. The van der Waals surface area contributed by atoms with Crippen LogP contribution in [0.5, 0.6) is 5.75 Å². The summed E-state index contributed by atoms with van der Waals surface area (Å²) in [6.07, 6.45) is 10.0. The maximum absolute atomic E-state index is 14.1. The van der Waals surface area contributed by atoms with Crippen molar-refractivity contribution in [1.29, 1.82) is 5.26 Å². The molecule has 7 unspecified atom stereocenters. The van der Waals surface area contributed by atoms with Gasteiger partial charge in [-0.3, -0.25) is 14.4 Å². The Balaban J connectivity index is 0.00000104. The van der Waals surface area contributed by atoms with E-state index in [0.29, 0.717) is 36.7 Å². The average Bonchev–Trinajstić information content (AvgIpc) is 4.04. The van der Waals surface area contributed by atoms with Crippen molar-refractivity contribution in [2.45, 2.75) is 143 Å². The molecule has 4 fully saturated rings. The van der Waals surface area contributed by atoms with Gasteiger partial charge >= 0.3 is 57.4 Å². The van der Waals surface area contributed by atoms with Crippen LogP contribution in [0.4, 0.5) is 0 Å². The molecule has 13 nitrogen and oxygen atoms in total. The van der Waals surface area contributed by atoms with Crippen molar-refractivity contribution in [3.63, 3.8) is 0 Å². The summed E-state index contributed by atoms with van der Waals surface area (Å²) in [5.74, 6) is 0.309. The fourth-order valence-corrected chi connectivity index (χ4v) is 9.27. The Morgan fingerprint density at radius 3 is 2.33 bits per heavy atom. The van der Waals surface area contributed by atoms with E-state index < -0.39 is 46.9 Å². The number of nitrogens with zero attached hydrogens (tertiary/aromatic N) is 2. The van der Waals surface area contributed by atoms with Crippen LogP contribution in [0.15, 0.2) is 39.8 Å². The molecule has 3 amide bonds. The third-order valence-corrected chi connectivity index (χ3v) is 13.4. The molecular weight excluding hydrogens is 869 g/mol. The van der Waals surface area contributed by atoms with Gasteiger partial charge in [0, 0.05) is 25.3 Å². The summed E-state index contributed by atoms with van der Waals surface area (Å²) >= 11 is 8.10. The van der Waals surface area contributed by atoms with Gasteiger partial charge in [0.05, 0.1) is 23.4 Å². The number of likely N-dealkylation sites (tertiary alicyclic amines) is 1. The second kappa shape index (κ2) is 24.7. The topological polar surface area (TPSA) is 179 Å². The number of carboxylic acid groups (broad SMARTS) is 1. The SMILES string of the molecule is CCC(C)=C(NC(C)C)S/C=C(\C)[CH-]/C=C(/OC1CC(C(=O)NC2(C(=O)O)CC2CC)N(C(=O)C(NC=O)C(C)(C)C)C1)c1[c-]c(Cl)c(OCC#N)cc1.COC1CC2CC2C1.[K+]. The van der Waals surface area contributed by atoms with Crippen molar-refractivity contribution in [3.05, 3.63) is 62.9 Å². The predicted octanol–water partition coefficient (Wildman–Crippen LogP) is 4.82. The maximum Gasteiger partial charge on any atom is 1.00 e. The second-order valence-electron chi connectivity index (χ2n) is 18.2. The first-order valence-corrected chi connectivity index (χ1v) is 22.9. The molecule has 0 radical (unpaired) electrons. The van der Waals surface area contributed by atoms with Crippen LogP contribution >= 0.6 is 23.4 Å². The minimum Gasteiger partial charge on any atom is -0.532 e. The number of carboxylic acids is 1. The van der Waals surface area contributed by atoms with Crippen LogP contribution in [0.3, 0.4) is 0 Å². The van der Waals surface area contributed by atoms with Crippen LogP contribution in [0.25, 0.3) is 5.76 Å². The van der Waals surface area contributed by atoms with Crippen LogP contribution in [0, 0.1) is 47.0 Å². The molecule has 7 atom stereocenters. The first kappa shape index (κ1) is 54.6. The monoisotopic (exact) mass is 934 g/mol. The zero-order valence-electron chi connectivity index (χ0n) is 38.9. The fourth-order valence-electron chi connectivity index (χ4n) is 8.02. The Morgan fingerprint density at radius 2 is 1.83 bits per heavy atom. The number of aliphatic carboxylic acids is 1. The summed E-state index contributed by atoms with van der Waals surface area (Å²) in [6.45, 7) is 17.4. The van der Waals surface area contributed by atoms with Gasteiger partial charge in [0.2, 0.25) is 18.2 Å². The quantitative estimate of drug-likeness (QED) is 0.0611. The van der Waals surface area contributed by atoms with E-state index in [2.05, 4.69) is 49.7 Å². The average molecular weight is 936 g/mol. The number of benzene rings is 1. The minimum absolute atomic E-state index is 0. The molecule has 342 valence electrons. The fraction of sp³-hybridized carbons (Fsp3) is 0.617. The number of methoxy groups -OCH3 is 1. The molecular formula is C47H66ClKN5O8S-. The molecule has 3 aliphatic carbocycles. The van der Waals surface area contributed by atoms with E-state index in [0.717, 1.165) is 28.9 Å². The Morgan fingerprint density at radius 1 is 1.14 bits per heavy atom. The Kier molecular flexibility index (Phi) is 21.5. The number of allylic oxidation sites excluding steroid dienone is 3. The number of hydrogen-bond donors (Lipinski definition) is 4. The zero-order chi connectivity index (χ0) is 45.9. The number of nitriles is 1. The first-order chi connectivity index (χ1) is 29.3. The molecule has 1 aromatic carbocycles. The third-order valence-electron chi connectivity index (χ3n) is 12.0. The van der Waals surface area contributed by atoms with Crippen molar-refractivity contribution in [2.24, 2.45) is 23.2 Å². The van der Waals surface area contributed by atoms with Gasteiger partial charge in [0.1, 0.15) is 29.8 Å². The number of fused-ring (bicyclic) bond motifs is 1. The van der Waals surface area contributed by atoms with E-state index in [4.69, 9.17) is 31.1 Å². The smallest absolute Gasteiger partial charge is 0.532 e. The second-order valence-corrected chi connectivity index (χ2v) is 19.4. The van der Waals surface area contributed by atoms with E-state index in [1.807, 2.05) is 38.9 Å². The predicted molar refractivity (Wildman–Crippen MR) is 242 cm³/mol. The van der Waals surface area contributed by atoms with Crippen LogP contribution in [-0.2, 0) is 28.7 Å². The van der Waals surface area contributed by atoms with Crippen LogP contribution in [-0.4, -0.2) is 90.3 Å². The van der Waals surface area contributed by atoms with Crippen LogP contribution in [0.1, 0.15) is 113 Å². The van der Waals surface area contributed by atoms with Gasteiger partial charge in [0.25, 0.3) is 0 Å². The van der Waals surface area contributed by atoms with Gasteiger partial charge in [-0.25, -0.2) is 4.79 Å². The molecule has 1 saturated heterocycles. The molecule has 0 bridgehead atoms. The molecule has 1 heterocycles. The number of amides is 3. The van der Waals surface area contributed by atoms with Gasteiger partial charge in [-0.05, 0) is 86.6 Å². The van der Waals surface area contributed by atoms with Gasteiger partial charge in [0.15, 0.2) is 6.61 Å². The summed E-state index contributed by atoms with van der Waals surface area (Å²) < 4.78 is 17.2. The standard InChI is InChI=1S/C40H54ClN5O7S.C7H12O.K/c1-10-26(6)36(44-24(3)4)54-22-25(5)12-14-32(27-13-15-33(30(41)18-27)52-17-16-42)53-29-19-31(35(48)45-40(38(50)51)20-28(40)11-2)46(21-29)37(49)34(43-23-47)39(7,8)9;1-8-7-3-5-2-6(5)4-7;/h12-15,22-24,28-29,31,34,44H,10-11,17,19-21H2,1-9H3,(H,43,47)(H,45,48)(H,50,51);5-7H,2-4H2,1H3;/q-2;;+1/b25-22+,32-14+,36-26?;;. The van der Waals surface area contributed by atoms with Crippen molar-refractivity contribution in [3.8, 4) is 11.8 Å². The molecule has 1 aliphatic heterocycles. The number of halogens is 1. The van der Waals surface area contributed by atoms with E-state index in [1.165, 1.54) is 29.7 Å². The molecule has 4 N–H and O–H groups in total. The maximum atomic E-state index is 14.1. The number of ether oxygens (including phenoxy) is 3. The van der Waals surface area contributed by atoms with E-state index in [1.54, 1.807) is 50.7 Å². The number of carbonyl (C=O) groups is 4. The number of thioether (sulfide) groups is 1. The first-order valence-electron chi connectivity index (χ1n) is 21.6. The molecule has 5 rings (SSSR count). The number of carbonyl (C=O) groups excluding carboxylic acids is 3. The van der Waals surface area contributed by atoms with Crippen LogP contribution < -0.4 is 72.1 Å². The van der Waals surface area contributed by atoms with E-state index in [9.17, 15) is 24.3 Å². The molecule has 4 aliphatic rings. The molecule has 63 heavy (non-hydrogen) atoms. The van der Waals surface area contributed by atoms with Crippen molar-refractivity contribution < 1.29 is 89.9 Å². The molecule has 0 spiro atoms. The summed E-state index contributed by atoms with van der Waals surface area (Å²) in [7, 11) is 1.83. The summed E-state index contributed by atoms with van der Waals surface area (Å²) in [4.78, 5) is 53.4. The molecule has 3 saturated carbocycles. The zero-order valence-corrected chi connectivity index (χ0v) is 43.6. The normalized spacial score (nSPS) is 25.7. The van der Waals surface area contributed by atoms with Crippen molar-refractivity contribution in [1.82, 2.24) is 20.9 Å². The number of hydrogen-bond acceptors (Lipinski definition) is 10. The van der Waals surface area contributed by atoms with Crippen molar-refractivity contribution in [2.75, 3.05) is 20.3 Å². The van der Waals surface area contributed by atoms with Crippen LogP contribution in [0.2, 0.25) is 5.02 Å². The van der Waals surface area contributed by atoms with Gasteiger partial charge in [-0.15, -0.1) is 58.6 Å². The molecule has 16 heteroatoms. The number of rotatable bonds is 20. The van der Waals surface area contributed by atoms with E-state index >= 15 is 0 Å².